The van der Waals surface area contributed by atoms with Crippen molar-refractivity contribution in [3.8, 4) is 0 Å². The van der Waals surface area contributed by atoms with Crippen LogP contribution < -0.4 is 10.6 Å². The minimum atomic E-state index is -0.283. The Labute approximate surface area is 126 Å². The van der Waals surface area contributed by atoms with Crippen LogP contribution in [0.2, 0.25) is 0 Å². The van der Waals surface area contributed by atoms with E-state index in [1.165, 1.54) is 0 Å². The molecule has 3 rings (SSSR count). The summed E-state index contributed by atoms with van der Waals surface area (Å²) < 4.78 is 5.50. The Kier molecular flexibility index (Phi) is 3.87. The van der Waals surface area contributed by atoms with Gasteiger partial charge in [0.05, 0.1) is 0 Å². The summed E-state index contributed by atoms with van der Waals surface area (Å²) in [4.78, 5) is 22.5. The molecule has 109 valence electrons. The van der Waals surface area contributed by atoms with Crippen molar-refractivity contribution in [1.82, 2.24) is 5.32 Å². The van der Waals surface area contributed by atoms with Gasteiger partial charge >= 0.3 is 0 Å². The van der Waals surface area contributed by atoms with Crippen LogP contribution in [0.1, 0.15) is 16.1 Å². The lowest BCUT2D eigenvalue weighted by Crippen LogP contribution is -2.22. The number of furan rings is 1. The molecule has 2 N–H and O–H groups in total. The first kappa shape index (κ1) is 13.9. The molecule has 2 amide bonds. The van der Waals surface area contributed by atoms with Gasteiger partial charge in [0.2, 0.25) is 6.41 Å². The zero-order valence-corrected chi connectivity index (χ0v) is 11.6. The summed E-state index contributed by atoms with van der Waals surface area (Å²) >= 11 is 0. The van der Waals surface area contributed by atoms with E-state index in [1.54, 1.807) is 18.2 Å². The van der Waals surface area contributed by atoms with Gasteiger partial charge in [0.15, 0.2) is 5.76 Å². The standard InChI is InChI=1S/C17H13N2O3/c20-11-19-14-6-3-4-12(8-14)10-18-17(21)16-9-13-5-1-2-7-15(13)22-16/h1-5,7-9,11H,10H2,(H,18,21)(H,19,20). The fourth-order valence-corrected chi connectivity index (χ4v) is 2.13. The number of anilines is 1. The number of rotatable bonds is 5. The second kappa shape index (κ2) is 6.13. The Balaban J connectivity index is 1.69. The van der Waals surface area contributed by atoms with E-state index in [0.717, 1.165) is 10.9 Å². The second-order valence-corrected chi connectivity index (χ2v) is 4.70. The Morgan fingerprint density at radius 3 is 2.91 bits per heavy atom. The van der Waals surface area contributed by atoms with Gasteiger partial charge in [-0.15, -0.1) is 0 Å². The lowest BCUT2D eigenvalue weighted by atomic mass is 10.2. The third-order valence-electron chi connectivity index (χ3n) is 3.18. The summed E-state index contributed by atoms with van der Waals surface area (Å²) in [6.07, 6.45) is 0.586. The Hall–Kier alpha value is -3.08. The zero-order valence-electron chi connectivity index (χ0n) is 11.6. The first-order valence-corrected chi connectivity index (χ1v) is 6.74. The van der Waals surface area contributed by atoms with E-state index < -0.39 is 0 Å². The molecule has 0 fully saturated rings. The van der Waals surface area contributed by atoms with E-state index in [0.29, 0.717) is 24.2 Å². The second-order valence-electron chi connectivity index (χ2n) is 4.70. The average molecular weight is 293 g/mol. The van der Waals surface area contributed by atoms with Gasteiger partial charge in [0.1, 0.15) is 5.58 Å². The normalized spacial score (nSPS) is 10.4. The molecule has 0 aliphatic rings. The summed E-state index contributed by atoms with van der Waals surface area (Å²) in [5.74, 6) is -0.0103. The number of carbonyl (C=O) groups excluding carboxylic acids is 2. The molecule has 0 saturated heterocycles. The lowest BCUT2D eigenvalue weighted by molar-refractivity contribution is -0.105. The first-order chi connectivity index (χ1) is 10.8. The van der Waals surface area contributed by atoms with Crippen LogP contribution in [-0.2, 0) is 11.3 Å². The Morgan fingerprint density at radius 1 is 1.23 bits per heavy atom. The van der Waals surface area contributed by atoms with Crippen LogP contribution in [0.15, 0.2) is 52.9 Å². The van der Waals surface area contributed by atoms with Crippen LogP contribution in [0.5, 0.6) is 0 Å². The zero-order chi connectivity index (χ0) is 15.4. The highest BCUT2D eigenvalue weighted by atomic mass is 16.3. The van der Waals surface area contributed by atoms with Gasteiger partial charge in [-0.1, -0.05) is 30.3 Å². The molecular weight excluding hydrogens is 280 g/mol. The molecule has 5 heteroatoms. The predicted octanol–water partition coefficient (Wildman–Crippen LogP) is 2.73. The van der Waals surface area contributed by atoms with Crippen LogP contribution in [0.3, 0.4) is 0 Å². The van der Waals surface area contributed by atoms with Crippen molar-refractivity contribution in [3.63, 3.8) is 0 Å². The number of para-hydroxylation sites is 1. The van der Waals surface area contributed by atoms with Gasteiger partial charge < -0.3 is 15.1 Å². The van der Waals surface area contributed by atoms with Crippen molar-refractivity contribution >= 4 is 29.0 Å². The van der Waals surface area contributed by atoms with E-state index in [2.05, 4.69) is 16.7 Å². The van der Waals surface area contributed by atoms with Gasteiger partial charge in [-0.3, -0.25) is 9.59 Å². The molecule has 1 radical (unpaired) electrons. The van der Waals surface area contributed by atoms with Gasteiger partial charge in [0.25, 0.3) is 5.91 Å². The van der Waals surface area contributed by atoms with Crippen LogP contribution in [-0.4, -0.2) is 12.3 Å². The fourth-order valence-electron chi connectivity index (χ4n) is 2.13. The molecule has 0 spiro atoms. The number of hydrogen-bond acceptors (Lipinski definition) is 3. The molecule has 0 atom stereocenters. The van der Waals surface area contributed by atoms with Crippen molar-refractivity contribution < 1.29 is 14.0 Å². The molecule has 5 nitrogen and oxygen atoms in total. The van der Waals surface area contributed by atoms with Crippen molar-refractivity contribution in [2.75, 3.05) is 5.32 Å². The topological polar surface area (TPSA) is 71.3 Å². The quantitative estimate of drug-likeness (QED) is 0.710. The Bertz CT molecular complexity index is 790. The molecule has 0 saturated carbocycles. The smallest absolute Gasteiger partial charge is 0.287 e. The van der Waals surface area contributed by atoms with Crippen molar-refractivity contribution in [2.24, 2.45) is 0 Å². The van der Waals surface area contributed by atoms with E-state index in [4.69, 9.17) is 4.42 Å². The number of amides is 2. The maximum Gasteiger partial charge on any atom is 0.287 e. The van der Waals surface area contributed by atoms with Crippen LogP contribution in [0.4, 0.5) is 5.69 Å². The first-order valence-electron chi connectivity index (χ1n) is 6.74. The minimum Gasteiger partial charge on any atom is -0.451 e. The molecular formula is C17H13N2O3. The average Bonchev–Trinajstić information content (AvgIpc) is 2.97. The van der Waals surface area contributed by atoms with Crippen molar-refractivity contribution in [3.05, 3.63) is 65.9 Å². The third-order valence-corrected chi connectivity index (χ3v) is 3.18. The fraction of sp³-hybridized carbons (Fsp3) is 0.0588. The van der Waals surface area contributed by atoms with Crippen molar-refractivity contribution in [2.45, 2.75) is 6.54 Å². The van der Waals surface area contributed by atoms with Crippen LogP contribution in [0, 0.1) is 6.07 Å². The van der Waals surface area contributed by atoms with Gasteiger partial charge in [-0.2, -0.15) is 0 Å². The number of fused-ring (bicyclic) bond motifs is 1. The molecule has 0 aliphatic carbocycles. The highest BCUT2D eigenvalue weighted by Gasteiger charge is 2.11. The van der Waals surface area contributed by atoms with E-state index in [-0.39, 0.29) is 11.7 Å². The summed E-state index contributed by atoms with van der Waals surface area (Å²) in [5.41, 5.74) is 2.09. The van der Waals surface area contributed by atoms with E-state index in [9.17, 15) is 9.59 Å². The highest BCUT2D eigenvalue weighted by molar-refractivity contribution is 5.96. The van der Waals surface area contributed by atoms with E-state index >= 15 is 0 Å². The molecule has 22 heavy (non-hydrogen) atoms. The number of hydrogen-bond donors (Lipinski definition) is 2. The predicted molar refractivity (Wildman–Crippen MR) is 82.3 cm³/mol. The third kappa shape index (κ3) is 2.98. The summed E-state index contributed by atoms with van der Waals surface area (Å²) in [5, 5.41) is 6.19. The Morgan fingerprint density at radius 2 is 2.09 bits per heavy atom. The largest absolute Gasteiger partial charge is 0.451 e. The highest BCUT2D eigenvalue weighted by Crippen LogP contribution is 2.18. The molecule has 2 aromatic carbocycles. The lowest BCUT2D eigenvalue weighted by Gasteiger charge is -2.05. The number of benzene rings is 2. The molecule has 3 aromatic rings. The summed E-state index contributed by atoms with van der Waals surface area (Å²) in [7, 11) is 0. The molecule has 0 bridgehead atoms. The van der Waals surface area contributed by atoms with E-state index in [1.807, 2.05) is 30.3 Å². The summed E-state index contributed by atoms with van der Waals surface area (Å²) in [6, 6.07) is 17.3. The van der Waals surface area contributed by atoms with Crippen LogP contribution in [0.25, 0.3) is 11.0 Å². The van der Waals surface area contributed by atoms with Crippen molar-refractivity contribution in [1.29, 1.82) is 0 Å². The van der Waals surface area contributed by atoms with Crippen LogP contribution >= 0.6 is 0 Å². The monoisotopic (exact) mass is 293 g/mol. The SMILES string of the molecule is O=CNc1[c]ccc(CNC(=O)c2cc3ccccc3o2)c1. The molecule has 1 aromatic heterocycles. The molecule has 0 unspecified atom stereocenters. The number of nitrogens with one attached hydrogen (secondary N) is 2. The maximum absolute atomic E-state index is 12.1. The van der Waals surface area contributed by atoms with Gasteiger partial charge in [0, 0.05) is 23.7 Å². The maximum atomic E-state index is 12.1. The number of carbonyl (C=O) groups is 2. The summed E-state index contributed by atoms with van der Waals surface area (Å²) in [6.45, 7) is 0.331. The van der Waals surface area contributed by atoms with Gasteiger partial charge in [-0.25, -0.2) is 0 Å². The molecule has 1 heterocycles. The minimum absolute atomic E-state index is 0.273. The molecule has 0 aliphatic heterocycles. The van der Waals surface area contributed by atoms with Gasteiger partial charge in [-0.05, 0) is 23.8 Å².